The van der Waals surface area contributed by atoms with Gasteiger partial charge < -0.3 is 14.0 Å². The minimum absolute atomic E-state index is 1.09. The summed E-state index contributed by atoms with van der Waals surface area (Å²) in [5.41, 5.74) is 12.7. The van der Waals surface area contributed by atoms with Gasteiger partial charge in [0.25, 0.3) is 0 Å². The third kappa shape index (κ3) is 5.30. The summed E-state index contributed by atoms with van der Waals surface area (Å²) < 4.78 is 7.44. The highest BCUT2D eigenvalue weighted by atomic mass is 32.1. The van der Waals surface area contributed by atoms with Crippen LogP contribution in [0, 0.1) is 0 Å². The summed E-state index contributed by atoms with van der Waals surface area (Å²) in [6.45, 7) is 0. The minimum atomic E-state index is 1.09. The van der Waals surface area contributed by atoms with E-state index in [1.807, 2.05) is 11.3 Å². The van der Waals surface area contributed by atoms with Crippen LogP contribution in [0.5, 0.6) is 0 Å². The number of nitrogens with zero attached hydrogens (tertiary/aromatic N) is 3. The van der Waals surface area contributed by atoms with E-state index < -0.39 is 0 Å². The Morgan fingerprint density at radius 2 is 0.903 bits per heavy atom. The molecule has 10 aromatic carbocycles. The van der Waals surface area contributed by atoms with Crippen molar-refractivity contribution in [3.05, 3.63) is 224 Å². The van der Waals surface area contributed by atoms with Crippen LogP contribution in [0.4, 0.5) is 17.1 Å². The van der Waals surface area contributed by atoms with Crippen LogP contribution in [0.1, 0.15) is 0 Å². The van der Waals surface area contributed by atoms with Crippen molar-refractivity contribution in [3.8, 4) is 22.5 Å². The third-order valence-corrected chi connectivity index (χ3v) is 13.8. The van der Waals surface area contributed by atoms with Gasteiger partial charge in [0.15, 0.2) is 0 Å². The number of thiophene rings is 1. The normalized spacial score (nSPS) is 11.9. The highest BCUT2D eigenvalue weighted by Crippen LogP contribution is 2.46. The zero-order valence-corrected chi connectivity index (χ0v) is 34.4. The lowest BCUT2D eigenvalue weighted by Gasteiger charge is -2.28. The van der Waals surface area contributed by atoms with Gasteiger partial charge in [-0.3, -0.25) is 0 Å². The highest BCUT2D eigenvalue weighted by Gasteiger charge is 2.22. The molecule has 0 bridgehead atoms. The van der Waals surface area contributed by atoms with Crippen molar-refractivity contribution >= 4 is 103 Å². The van der Waals surface area contributed by atoms with Gasteiger partial charge in [-0.05, 0) is 83.7 Å². The SMILES string of the molecule is c1ccc(-n2c3ccccc3c3ccc(N(c4ccc5c(c4)sc4ccccc45)c4ccccc4-c4ccc5c6ccccc6n(-c6cccc7ccccc67)c5c4)cc32)cc1. The van der Waals surface area contributed by atoms with E-state index in [1.165, 1.54) is 80.2 Å². The standard InChI is InChI=1S/C58H37N3S/c1-2-17-40(18-3-1)60-53-25-11-7-21-45(53)48-33-30-41(36-56(48)60)59(42-31-34-50-49-23-9-13-28-57(49)62-58(50)37-42)51-24-10-6-20-44(51)39-29-32-47-46-22-8-12-26-54(46)61(55(47)35-39)52-27-14-16-38-15-4-5-19-43(38)52/h1-37H. The van der Waals surface area contributed by atoms with Crippen molar-refractivity contribution in [2.24, 2.45) is 0 Å². The number of hydrogen-bond donors (Lipinski definition) is 0. The van der Waals surface area contributed by atoms with Gasteiger partial charge >= 0.3 is 0 Å². The van der Waals surface area contributed by atoms with Crippen LogP contribution in [-0.4, -0.2) is 9.13 Å². The summed E-state index contributed by atoms with van der Waals surface area (Å²) in [6.07, 6.45) is 0. The van der Waals surface area contributed by atoms with E-state index in [9.17, 15) is 0 Å². The number of hydrogen-bond acceptors (Lipinski definition) is 2. The Labute approximate surface area is 362 Å². The van der Waals surface area contributed by atoms with Crippen LogP contribution in [0.25, 0.3) is 97.1 Å². The van der Waals surface area contributed by atoms with Crippen molar-refractivity contribution in [1.29, 1.82) is 0 Å². The Hall–Kier alpha value is -7.92. The van der Waals surface area contributed by atoms with E-state index in [1.54, 1.807) is 0 Å². The highest BCUT2D eigenvalue weighted by molar-refractivity contribution is 7.25. The molecule has 0 fully saturated rings. The van der Waals surface area contributed by atoms with Gasteiger partial charge in [0, 0.05) is 69.7 Å². The second-order valence-corrected chi connectivity index (χ2v) is 17.2. The number of para-hydroxylation sites is 4. The van der Waals surface area contributed by atoms with Crippen LogP contribution >= 0.6 is 11.3 Å². The number of benzene rings is 10. The molecule has 0 atom stereocenters. The smallest absolute Gasteiger partial charge is 0.0561 e. The summed E-state index contributed by atoms with van der Waals surface area (Å²) in [7, 11) is 0. The average molecular weight is 808 g/mol. The first kappa shape index (κ1) is 34.9. The summed E-state index contributed by atoms with van der Waals surface area (Å²) in [4.78, 5) is 2.47. The van der Waals surface area contributed by atoms with Gasteiger partial charge in [0.05, 0.1) is 33.4 Å². The second kappa shape index (κ2) is 13.8. The Morgan fingerprint density at radius 3 is 1.73 bits per heavy atom. The first-order chi connectivity index (χ1) is 30.8. The van der Waals surface area contributed by atoms with Gasteiger partial charge in [-0.15, -0.1) is 11.3 Å². The molecule has 0 radical (unpaired) electrons. The predicted octanol–water partition coefficient (Wildman–Crippen LogP) is 16.5. The number of aromatic nitrogens is 2. The van der Waals surface area contributed by atoms with Crippen LogP contribution in [0.2, 0.25) is 0 Å². The molecule has 3 nitrogen and oxygen atoms in total. The largest absolute Gasteiger partial charge is 0.310 e. The van der Waals surface area contributed by atoms with Crippen LogP contribution in [-0.2, 0) is 0 Å². The summed E-state index contributed by atoms with van der Waals surface area (Å²) >= 11 is 1.86. The molecule has 3 heterocycles. The predicted molar refractivity (Wildman–Crippen MR) is 266 cm³/mol. The van der Waals surface area contributed by atoms with Crippen molar-refractivity contribution in [2.75, 3.05) is 4.90 Å². The van der Waals surface area contributed by atoms with Crippen molar-refractivity contribution in [1.82, 2.24) is 9.13 Å². The Kier molecular flexibility index (Phi) is 7.78. The lowest BCUT2D eigenvalue weighted by Crippen LogP contribution is -2.11. The van der Waals surface area contributed by atoms with Crippen molar-refractivity contribution < 1.29 is 0 Å². The van der Waals surface area contributed by atoms with E-state index >= 15 is 0 Å². The van der Waals surface area contributed by atoms with Gasteiger partial charge in [0.2, 0.25) is 0 Å². The minimum Gasteiger partial charge on any atom is -0.310 e. The van der Waals surface area contributed by atoms with E-state index in [0.717, 1.165) is 33.9 Å². The summed E-state index contributed by atoms with van der Waals surface area (Å²) in [5.74, 6) is 0. The van der Waals surface area contributed by atoms with Crippen LogP contribution in [0.15, 0.2) is 224 Å². The Balaban J connectivity index is 1.07. The van der Waals surface area contributed by atoms with E-state index in [4.69, 9.17) is 0 Å². The summed E-state index contributed by atoms with van der Waals surface area (Å²) in [5, 5.41) is 10.0. The molecule has 0 aliphatic carbocycles. The lowest BCUT2D eigenvalue weighted by atomic mass is 9.99. The van der Waals surface area contributed by atoms with Crippen LogP contribution < -0.4 is 4.90 Å². The van der Waals surface area contributed by atoms with E-state index in [0.29, 0.717) is 0 Å². The molecule has 290 valence electrons. The monoisotopic (exact) mass is 807 g/mol. The molecule has 0 aliphatic rings. The number of rotatable bonds is 6. The Bertz CT molecular complexity index is 3880. The van der Waals surface area contributed by atoms with Crippen molar-refractivity contribution in [2.45, 2.75) is 0 Å². The maximum Gasteiger partial charge on any atom is 0.0561 e. The molecule has 0 spiro atoms. The lowest BCUT2D eigenvalue weighted by molar-refractivity contribution is 1.18. The molecule has 3 aromatic heterocycles. The van der Waals surface area contributed by atoms with E-state index in [2.05, 4.69) is 238 Å². The summed E-state index contributed by atoms with van der Waals surface area (Å²) in [6, 6.07) is 82.4. The fourth-order valence-corrected chi connectivity index (χ4v) is 11.1. The van der Waals surface area contributed by atoms with E-state index in [-0.39, 0.29) is 0 Å². The molecule has 13 aromatic rings. The molecule has 0 N–H and O–H groups in total. The fraction of sp³-hybridized carbons (Fsp3) is 0. The topological polar surface area (TPSA) is 13.1 Å². The van der Waals surface area contributed by atoms with Crippen LogP contribution in [0.3, 0.4) is 0 Å². The molecule has 0 saturated heterocycles. The number of fused-ring (bicyclic) bond motifs is 10. The van der Waals surface area contributed by atoms with Gasteiger partial charge in [0.1, 0.15) is 0 Å². The van der Waals surface area contributed by atoms with Crippen molar-refractivity contribution in [3.63, 3.8) is 0 Å². The first-order valence-corrected chi connectivity index (χ1v) is 22.0. The molecule has 0 saturated carbocycles. The fourth-order valence-electron chi connectivity index (χ4n) is 9.95. The Morgan fingerprint density at radius 1 is 0.339 bits per heavy atom. The quantitative estimate of drug-likeness (QED) is 0.163. The maximum atomic E-state index is 2.47. The van der Waals surface area contributed by atoms with Gasteiger partial charge in [-0.25, -0.2) is 0 Å². The molecule has 62 heavy (non-hydrogen) atoms. The molecule has 4 heteroatoms. The zero-order valence-electron chi connectivity index (χ0n) is 33.6. The van der Waals surface area contributed by atoms with Gasteiger partial charge in [-0.1, -0.05) is 152 Å². The molecular formula is C58H37N3S. The first-order valence-electron chi connectivity index (χ1n) is 21.2. The molecule has 0 amide bonds. The number of anilines is 3. The molecule has 0 aliphatic heterocycles. The third-order valence-electron chi connectivity index (χ3n) is 12.7. The second-order valence-electron chi connectivity index (χ2n) is 16.1. The zero-order chi connectivity index (χ0) is 40.7. The molecular weight excluding hydrogens is 771 g/mol. The average Bonchev–Trinajstić information content (AvgIpc) is 3.99. The molecule has 0 unspecified atom stereocenters. The maximum absolute atomic E-state index is 2.47. The van der Waals surface area contributed by atoms with Gasteiger partial charge in [-0.2, -0.15) is 0 Å². The molecule has 13 rings (SSSR count).